The molecule has 0 fully saturated rings. The summed E-state index contributed by atoms with van der Waals surface area (Å²) in [4.78, 5) is 8.75. The van der Waals surface area contributed by atoms with Gasteiger partial charge in [0.2, 0.25) is 5.95 Å². The number of nitrogens with zero attached hydrogens (tertiary/aromatic N) is 3. The van der Waals surface area contributed by atoms with E-state index in [4.69, 9.17) is 17.5 Å². The summed E-state index contributed by atoms with van der Waals surface area (Å²) in [7, 11) is 0. The van der Waals surface area contributed by atoms with Crippen LogP contribution in [-0.2, 0) is 12.8 Å². The van der Waals surface area contributed by atoms with Gasteiger partial charge in [-0.05, 0) is 60.4 Å². The molecular formula is C18H18Cl3N5. The van der Waals surface area contributed by atoms with Gasteiger partial charge in [0.15, 0.2) is 0 Å². The first-order chi connectivity index (χ1) is 11.7. The van der Waals surface area contributed by atoms with Crippen molar-refractivity contribution in [3.8, 4) is 0 Å². The van der Waals surface area contributed by atoms with Crippen LogP contribution in [0.5, 0.6) is 0 Å². The van der Waals surface area contributed by atoms with E-state index >= 15 is 0 Å². The van der Waals surface area contributed by atoms with Crippen LogP contribution >= 0.6 is 36.6 Å². The van der Waals surface area contributed by atoms with Gasteiger partial charge in [0, 0.05) is 29.3 Å². The topological polar surface area (TPSA) is 67.1 Å². The molecule has 0 saturated carbocycles. The zero-order valence-electron chi connectivity index (χ0n) is 13.7. The predicted molar refractivity (Wildman–Crippen MR) is 113 cm³/mol. The second kappa shape index (κ2) is 8.45. The molecule has 0 spiro atoms. The molecule has 2 aromatic carbocycles. The Morgan fingerprint density at radius 3 is 2.73 bits per heavy atom. The molecule has 3 aromatic rings. The van der Waals surface area contributed by atoms with Crippen molar-refractivity contribution in [3.63, 3.8) is 0 Å². The van der Waals surface area contributed by atoms with Crippen molar-refractivity contribution in [2.75, 3.05) is 15.5 Å². The van der Waals surface area contributed by atoms with Crippen molar-refractivity contribution in [2.24, 2.45) is 0 Å². The van der Waals surface area contributed by atoms with E-state index in [2.05, 4.69) is 27.4 Å². The Bertz CT molecular complexity index is 903. The second-order valence-corrected chi connectivity index (χ2v) is 6.07. The molecule has 0 unspecified atom stereocenters. The third kappa shape index (κ3) is 4.12. The number of aryl methyl sites for hydroxylation is 2. The van der Waals surface area contributed by atoms with E-state index < -0.39 is 0 Å². The van der Waals surface area contributed by atoms with Crippen LogP contribution in [0.15, 0.2) is 54.7 Å². The lowest BCUT2D eigenvalue weighted by molar-refractivity contribution is 0.963. The van der Waals surface area contributed by atoms with E-state index in [1.165, 1.54) is 9.98 Å². The van der Waals surface area contributed by atoms with Gasteiger partial charge in [0.1, 0.15) is 5.82 Å². The van der Waals surface area contributed by atoms with E-state index in [1.54, 1.807) is 12.3 Å². The fraction of sp³-hybridized carbons (Fsp3) is 0.111. The highest BCUT2D eigenvalue weighted by molar-refractivity contribution is 6.28. The minimum absolute atomic E-state index is 0. The molecule has 8 heteroatoms. The Labute approximate surface area is 169 Å². The van der Waals surface area contributed by atoms with Gasteiger partial charge in [-0.3, -0.25) is 0 Å². The molecule has 0 saturated heterocycles. The first-order valence-corrected chi connectivity index (χ1v) is 8.06. The largest absolute Gasteiger partial charge is 0.399 e. The number of halogens is 3. The third-order valence-electron chi connectivity index (χ3n) is 4.05. The van der Waals surface area contributed by atoms with Crippen molar-refractivity contribution < 1.29 is 0 Å². The molecule has 0 radical (unpaired) electrons. The number of nitrogens with one attached hydrogen (secondary N) is 1. The summed E-state index contributed by atoms with van der Waals surface area (Å²) in [6.45, 7) is 0. The first-order valence-electron chi connectivity index (χ1n) is 7.72. The van der Waals surface area contributed by atoms with Gasteiger partial charge in [-0.1, -0.05) is 12.1 Å². The molecule has 0 aliphatic carbocycles. The average molecular weight is 411 g/mol. The number of hydrogen-bond acceptors (Lipinski definition) is 5. The van der Waals surface area contributed by atoms with Crippen LogP contribution in [0.4, 0.5) is 28.8 Å². The average Bonchev–Trinajstić information content (AvgIpc) is 2.61. The molecule has 1 aliphatic heterocycles. The summed E-state index contributed by atoms with van der Waals surface area (Å²) in [5.41, 5.74) is 11.0. The quantitative estimate of drug-likeness (QED) is 0.401. The number of hydrogen-bond donors (Lipinski definition) is 2. The fourth-order valence-electron chi connectivity index (χ4n) is 2.79. The van der Waals surface area contributed by atoms with Gasteiger partial charge in [-0.15, -0.1) is 24.8 Å². The summed E-state index contributed by atoms with van der Waals surface area (Å²) in [5, 5.41) is 3.29. The van der Waals surface area contributed by atoms with Crippen molar-refractivity contribution >= 4 is 65.4 Å². The summed E-state index contributed by atoms with van der Waals surface area (Å²) >= 11 is 6.45. The SMILES string of the molecule is Cl.Cl.Nc1ccc2cc1CCc1cccc(c1)N(Cl)c1nccc(n1)N2. The first kappa shape index (κ1) is 20.1. The lowest BCUT2D eigenvalue weighted by Gasteiger charge is -2.15. The highest BCUT2D eigenvalue weighted by Crippen LogP contribution is 2.29. The smallest absolute Gasteiger partial charge is 0.247 e. The Kier molecular flexibility index (Phi) is 6.53. The number of aromatic nitrogens is 2. The number of nitrogen functional groups attached to an aromatic ring is 1. The molecule has 0 amide bonds. The van der Waals surface area contributed by atoms with Crippen molar-refractivity contribution in [1.82, 2.24) is 9.97 Å². The number of anilines is 5. The van der Waals surface area contributed by atoms with Gasteiger partial charge in [-0.2, -0.15) is 4.98 Å². The second-order valence-electron chi connectivity index (χ2n) is 5.73. The molecule has 3 N–H and O–H groups in total. The van der Waals surface area contributed by atoms with E-state index in [0.717, 1.165) is 35.5 Å². The Morgan fingerprint density at radius 2 is 1.88 bits per heavy atom. The minimum Gasteiger partial charge on any atom is -0.399 e. The van der Waals surface area contributed by atoms with Gasteiger partial charge in [0.05, 0.1) is 5.69 Å². The molecule has 5 nitrogen and oxygen atoms in total. The zero-order chi connectivity index (χ0) is 16.5. The molecule has 6 bridgehead atoms. The molecule has 0 atom stereocenters. The van der Waals surface area contributed by atoms with Crippen LogP contribution in [-0.4, -0.2) is 9.97 Å². The standard InChI is InChI=1S/C18H16ClN5.2ClH/c19-24-15-3-1-2-12(10-15)4-5-13-11-14(6-7-16(13)20)22-17-8-9-21-18(24)23-17;;/h1-3,6-11H,4-5,20H2,(H,21,22,23);2*1H. The molecule has 136 valence electrons. The number of benzene rings is 2. The minimum atomic E-state index is 0. The van der Waals surface area contributed by atoms with Gasteiger partial charge < -0.3 is 11.1 Å². The maximum absolute atomic E-state index is 6.45. The predicted octanol–water partition coefficient (Wildman–Crippen LogP) is 5.04. The van der Waals surface area contributed by atoms with Crippen molar-refractivity contribution in [3.05, 3.63) is 65.9 Å². The lowest BCUT2D eigenvalue weighted by atomic mass is 10.0. The van der Waals surface area contributed by atoms with Crippen LogP contribution in [0.3, 0.4) is 0 Å². The van der Waals surface area contributed by atoms with Gasteiger partial charge >= 0.3 is 0 Å². The molecule has 2 heterocycles. The van der Waals surface area contributed by atoms with Crippen LogP contribution in [0, 0.1) is 0 Å². The van der Waals surface area contributed by atoms with Crippen molar-refractivity contribution in [2.45, 2.75) is 12.8 Å². The number of rotatable bonds is 0. The molecule has 1 aliphatic rings. The number of nitrogens with two attached hydrogens (primary N) is 1. The Hall–Kier alpha value is -2.21. The molecular weight excluding hydrogens is 393 g/mol. The highest BCUT2D eigenvalue weighted by Gasteiger charge is 2.13. The van der Waals surface area contributed by atoms with Crippen LogP contribution in [0.1, 0.15) is 11.1 Å². The van der Waals surface area contributed by atoms with Crippen LogP contribution in [0.2, 0.25) is 0 Å². The van der Waals surface area contributed by atoms with Gasteiger partial charge in [0.25, 0.3) is 0 Å². The monoisotopic (exact) mass is 409 g/mol. The normalized spacial score (nSPS) is 12.3. The molecule has 1 aromatic heterocycles. The zero-order valence-corrected chi connectivity index (χ0v) is 16.1. The summed E-state index contributed by atoms with van der Waals surface area (Å²) in [6, 6.07) is 15.8. The molecule has 4 rings (SSSR count). The van der Waals surface area contributed by atoms with Crippen LogP contribution in [0.25, 0.3) is 0 Å². The number of fused-ring (bicyclic) bond motifs is 6. The summed E-state index contributed by atoms with van der Waals surface area (Å²) < 4.78 is 1.47. The lowest BCUT2D eigenvalue weighted by Crippen LogP contribution is -2.07. The maximum atomic E-state index is 6.45. The maximum Gasteiger partial charge on any atom is 0.247 e. The third-order valence-corrected chi connectivity index (χ3v) is 4.40. The molecule has 26 heavy (non-hydrogen) atoms. The highest BCUT2D eigenvalue weighted by atomic mass is 35.5. The summed E-state index contributed by atoms with van der Waals surface area (Å²) in [6.07, 6.45) is 3.42. The Morgan fingerprint density at radius 1 is 1.04 bits per heavy atom. The van der Waals surface area contributed by atoms with E-state index in [-0.39, 0.29) is 24.8 Å². The van der Waals surface area contributed by atoms with Crippen molar-refractivity contribution in [1.29, 1.82) is 0 Å². The fourth-order valence-corrected chi connectivity index (χ4v) is 2.98. The van der Waals surface area contributed by atoms with E-state index in [9.17, 15) is 0 Å². The van der Waals surface area contributed by atoms with Gasteiger partial charge in [-0.25, -0.2) is 9.40 Å². The van der Waals surface area contributed by atoms with E-state index in [0.29, 0.717) is 11.8 Å². The summed E-state index contributed by atoms with van der Waals surface area (Å²) in [5.74, 6) is 1.10. The van der Waals surface area contributed by atoms with Crippen LogP contribution < -0.4 is 15.5 Å². The Balaban J connectivity index is 0.00000121. The van der Waals surface area contributed by atoms with E-state index in [1.807, 2.05) is 30.3 Å².